The zero-order valence-corrected chi connectivity index (χ0v) is 9.74. The molecule has 98 valence electrons. The molecule has 0 aromatic heterocycles. The highest BCUT2D eigenvalue weighted by atomic mass is 19.1. The van der Waals surface area contributed by atoms with E-state index in [2.05, 4.69) is 5.32 Å². The molecule has 0 spiro atoms. The predicted octanol–water partition coefficient (Wildman–Crippen LogP) is 1.71. The van der Waals surface area contributed by atoms with Crippen LogP contribution < -0.4 is 10.1 Å². The number of carboxylic acids is 1. The van der Waals surface area contributed by atoms with Crippen molar-refractivity contribution in [3.63, 3.8) is 0 Å². The number of aliphatic carboxylic acids is 1. The average molecular weight is 257 g/mol. The van der Waals surface area contributed by atoms with E-state index in [-0.39, 0.29) is 24.3 Å². The first-order valence-corrected chi connectivity index (χ1v) is 5.52. The molecule has 1 saturated heterocycles. The van der Waals surface area contributed by atoms with Crippen LogP contribution in [0.15, 0.2) is 12.1 Å². The quantitative estimate of drug-likeness (QED) is 0.865. The normalized spacial score (nSPS) is 23.1. The molecule has 1 fully saturated rings. The fraction of sp³-hybridized carbons (Fsp3) is 0.417. The molecule has 2 atom stereocenters. The summed E-state index contributed by atoms with van der Waals surface area (Å²) < 4.78 is 31.8. The molecule has 0 amide bonds. The molecule has 4 nitrogen and oxygen atoms in total. The van der Waals surface area contributed by atoms with Crippen molar-refractivity contribution in [1.29, 1.82) is 0 Å². The van der Waals surface area contributed by atoms with E-state index < -0.39 is 29.6 Å². The summed E-state index contributed by atoms with van der Waals surface area (Å²) in [5, 5.41) is 11.8. The smallest absolute Gasteiger partial charge is 0.307 e. The molecule has 0 radical (unpaired) electrons. The molecule has 0 bridgehead atoms. The summed E-state index contributed by atoms with van der Waals surface area (Å²) in [6.07, 6.45) is 0.258. The first-order valence-electron chi connectivity index (χ1n) is 5.52. The van der Waals surface area contributed by atoms with Crippen molar-refractivity contribution in [3.8, 4) is 5.75 Å². The van der Waals surface area contributed by atoms with Gasteiger partial charge in [0.15, 0.2) is 0 Å². The van der Waals surface area contributed by atoms with E-state index in [0.717, 1.165) is 12.1 Å². The topological polar surface area (TPSA) is 58.6 Å². The molecule has 2 rings (SSSR count). The highest BCUT2D eigenvalue weighted by Crippen LogP contribution is 2.35. The molecule has 1 aromatic rings. The molecule has 2 unspecified atom stereocenters. The van der Waals surface area contributed by atoms with E-state index in [9.17, 15) is 13.6 Å². The first kappa shape index (κ1) is 12.8. The number of carboxylic acid groups (broad SMARTS) is 1. The van der Waals surface area contributed by atoms with E-state index in [1.54, 1.807) is 0 Å². The molecule has 2 N–H and O–H groups in total. The number of halogens is 2. The van der Waals surface area contributed by atoms with Gasteiger partial charge in [-0.1, -0.05) is 0 Å². The number of hydrogen-bond acceptors (Lipinski definition) is 3. The van der Waals surface area contributed by atoms with E-state index in [1.165, 1.54) is 7.11 Å². The summed E-state index contributed by atoms with van der Waals surface area (Å²) in [5.74, 6) is -2.84. The lowest BCUT2D eigenvalue weighted by Gasteiger charge is -2.16. The summed E-state index contributed by atoms with van der Waals surface area (Å²) in [7, 11) is 1.32. The second-order valence-corrected chi connectivity index (χ2v) is 4.24. The number of hydrogen-bond donors (Lipinski definition) is 2. The molecule has 18 heavy (non-hydrogen) atoms. The van der Waals surface area contributed by atoms with Crippen LogP contribution in [0.1, 0.15) is 18.0 Å². The van der Waals surface area contributed by atoms with E-state index in [0.29, 0.717) is 0 Å². The van der Waals surface area contributed by atoms with Crippen LogP contribution in [-0.2, 0) is 4.79 Å². The average Bonchev–Trinajstić information content (AvgIpc) is 2.77. The molecule has 6 heteroatoms. The number of ether oxygens (including phenoxy) is 1. The number of benzene rings is 1. The van der Waals surface area contributed by atoms with Gasteiger partial charge in [-0.05, 0) is 6.42 Å². The third-order valence-corrected chi connectivity index (χ3v) is 3.10. The van der Waals surface area contributed by atoms with Crippen molar-refractivity contribution < 1.29 is 23.4 Å². The van der Waals surface area contributed by atoms with Crippen LogP contribution in [0.25, 0.3) is 0 Å². The lowest BCUT2D eigenvalue weighted by Crippen LogP contribution is -2.18. The third-order valence-electron chi connectivity index (χ3n) is 3.10. The van der Waals surface area contributed by atoms with Gasteiger partial charge in [-0.15, -0.1) is 0 Å². The Balaban J connectivity index is 2.31. The number of carbonyl (C=O) groups is 1. The van der Waals surface area contributed by atoms with Gasteiger partial charge >= 0.3 is 5.97 Å². The van der Waals surface area contributed by atoms with Crippen molar-refractivity contribution in [3.05, 3.63) is 29.3 Å². The van der Waals surface area contributed by atoms with Crippen LogP contribution in [0.3, 0.4) is 0 Å². The van der Waals surface area contributed by atoms with Crippen molar-refractivity contribution in [2.45, 2.75) is 12.5 Å². The largest absolute Gasteiger partial charge is 0.496 e. The maximum absolute atomic E-state index is 13.8. The number of rotatable bonds is 3. The molecule has 0 saturated carbocycles. The van der Waals surface area contributed by atoms with Crippen LogP contribution in [0.5, 0.6) is 5.75 Å². The predicted molar refractivity (Wildman–Crippen MR) is 59.4 cm³/mol. The van der Waals surface area contributed by atoms with Crippen LogP contribution in [-0.4, -0.2) is 24.7 Å². The van der Waals surface area contributed by atoms with Gasteiger partial charge in [-0.2, -0.15) is 0 Å². The monoisotopic (exact) mass is 257 g/mol. The van der Waals surface area contributed by atoms with Crippen molar-refractivity contribution >= 4 is 5.97 Å². The van der Waals surface area contributed by atoms with Crippen LogP contribution in [0.4, 0.5) is 8.78 Å². The minimum Gasteiger partial charge on any atom is -0.496 e. The summed E-state index contributed by atoms with van der Waals surface area (Å²) >= 11 is 0. The summed E-state index contributed by atoms with van der Waals surface area (Å²) in [6.45, 7) is 0.264. The molecule has 0 aliphatic carbocycles. The highest BCUT2D eigenvalue weighted by molar-refractivity contribution is 5.71. The second kappa shape index (κ2) is 4.89. The fourth-order valence-electron chi connectivity index (χ4n) is 2.21. The van der Waals surface area contributed by atoms with E-state index >= 15 is 0 Å². The van der Waals surface area contributed by atoms with Crippen LogP contribution in [0, 0.1) is 17.6 Å². The molecule has 1 aliphatic rings. The molecule has 1 aliphatic heterocycles. The van der Waals surface area contributed by atoms with Gasteiger partial charge in [0.25, 0.3) is 0 Å². The Bertz CT molecular complexity index is 479. The Morgan fingerprint density at radius 3 is 2.78 bits per heavy atom. The van der Waals surface area contributed by atoms with Crippen LogP contribution >= 0.6 is 0 Å². The Morgan fingerprint density at radius 1 is 1.50 bits per heavy atom. The summed E-state index contributed by atoms with van der Waals surface area (Å²) in [4.78, 5) is 10.8. The van der Waals surface area contributed by atoms with Gasteiger partial charge in [-0.3, -0.25) is 4.79 Å². The molecule has 1 aromatic carbocycles. The van der Waals surface area contributed by atoms with E-state index in [1.807, 2.05) is 0 Å². The Hall–Kier alpha value is -1.69. The maximum Gasteiger partial charge on any atom is 0.307 e. The van der Waals surface area contributed by atoms with Gasteiger partial charge in [0.2, 0.25) is 0 Å². The molecular weight excluding hydrogens is 244 g/mol. The first-order chi connectivity index (χ1) is 8.52. The van der Waals surface area contributed by atoms with Gasteiger partial charge in [0.05, 0.1) is 13.0 Å². The SMILES string of the molecule is COc1cc(F)cc(F)c1C1CC(C(=O)O)CN1. The lowest BCUT2D eigenvalue weighted by atomic mass is 9.99. The van der Waals surface area contributed by atoms with Gasteiger partial charge in [0.1, 0.15) is 17.4 Å². The Kier molecular flexibility index (Phi) is 3.47. The van der Waals surface area contributed by atoms with Crippen molar-refractivity contribution in [1.82, 2.24) is 5.32 Å². The van der Waals surface area contributed by atoms with Crippen molar-refractivity contribution in [2.24, 2.45) is 5.92 Å². The highest BCUT2D eigenvalue weighted by Gasteiger charge is 2.33. The van der Waals surface area contributed by atoms with Gasteiger partial charge in [-0.25, -0.2) is 8.78 Å². The number of nitrogens with one attached hydrogen (secondary N) is 1. The molecule has 1 heterocycles. The lowest BCUT2D eigenvalue weighted by molar-refractivity contribution is -0.141. The standard InChI is InChI=1S/C12H13F2NO3/c1-18-10-4-7(13)3-8(14)11(10)9-2-6(5-15-9)12(16)17/h3-4,6,9,15H,2,5H2,1H3,(H,16,17). The van der Waals surface area contributed by atoms with Crippen molar-refractivity contribution in [2.75, 3.05) is 13.7 Å². The fourth-order valence-corrected chi connectivity index (χ4v) is 2.21. The zero-order chi connectivity index (χ0) is 13.3. The number of methoxy groups -OCH3 is 1. The Labute approximate surface area is 103 Å². The zero-order valence-electron chi connectivity index (χ0n) is 9.74. The second-order valence-electron chi connectivity index (χ2n) is 4.24. The minimum atomic E-state index is -0.925. The van der Waals surface area contributed by atoms with Gasteiger partial charge < -0.3 is 15.2 Å². The molecular formula is C12H13F2NO3. The third kappa shape index (κ3) is 2.28. The minimum absolute atomic E-state index is 0.0936. The van der Waals surface area contributed by atoms with Gasteiger partial charge in [0, 0.05) is 30.3 Å². The van der Waals surface area contributed by atoms with Crippen LogP contribution in [0.2, 0.25) is 0 Å². The summed E-state index contributed by atoms with van der Waals surface area (Å²) in [6, 6.07) is 1.39. The summed E-state index contributed by atoms with van der Waals surface area (Å²) in [5.41, 5.74) is 0.183. The van der Waals surface area contributed by atoms with E-state index in [4.69, 9.17) is 9.84 Å². The Morgan fingerprint density at radius 2 is 2.22 bits per heavy atom. The maximum atomic E-state index is 13.8.